The zero-order valence-corrected chi connectivity index (χ0v) is 22.9. The molecule has 0 spiro atoms. The summed E-state index contributed by atoms with van der Waals surface area (Å²) in [5.41, 5.74) is 12.1. The molecule has 1 fully saturated rings. The van der Waals surface area contributed by atoms with Crippen LogP contribution in [0.3, 0.4) is 0 Å². The molecule has 42 heavy (non-hydrogen) atoms. The number of nitrogens with one attached hydrogen (secondary N) is 1. The Morgan fingerprint density at radius 3 is 2.45 bits per heavy atom. The Morgan fingerprint density at radius 2 is 1.71 bits per heavy atom. The fourth-order valence-corrected chi connectivity index (χ4v) is 5.54. The molecule has 208 valence electrons. The van der Waals surface area contributed by atoms with Gasteiger partial charge in [0.15, 0.2) is 23.0 Å². The third-order valence-corrected chi connectivity index (χ3v) is 7.78. The lowest BCUT2D eigenvalue weighted by molar-refractivity contribution is 0.0995. The van der Waals surface area contributed by atoms with Gasteiger partial charge < -0.3 is 5.73 Å². The molecule has 3 N–H and O–H groups in total. The average molecular weight is 556 g/mol. The lowest BCUT2D eigenvalue weighted by atomic mass is 9.95. The third-order valence-electron chi connectivity index (χ3n) is 7.78. The molecule has 2 aromatic carbocycles. The van der Waals surface area contributed by atoms with Crippen LogP contribution in [-0.2, 0) is 6.54 Å². The summed E-state index contributed by atoms with van der Waals surface area (Å²) in [6.45, 7) is 2.85. The summed E-state index contributed by atoms with van der Waals surface area (Å²) in [4.78, 5) is 28.2. The number of hydrogen-bond acceptors (Lipinski definition) is 7. The fourth-order valence-electron chi connectivity index (χ4n) is 5.54. The highest BCUT2D eigenvalue weighted by Crippen LogP contribution is 2.32. The maximum absolute atomic E-state index is 11.7. The fraction of sp³-hybridized carbons (Fsp3) is 0.188. The van der Waals surface area contributed by atoms with Crippen molar-refractivity contribution in [3.05, 3.63) is 108 Å². The minimum absolute atomic E-state index is 0.189. The topological polar surface area (TPSA) is 131 Å². The van der Waals surface area contributed by atoms with Crippen molar-refractivity contribution >= 4 is 11.6 Å². The molecule has 5 heterocycles. The molecule has 10 nitrogen and oxygen atoms in total. The Bertz CT molecular complexity index is 1840. The first-order valence-electron chi connectivity index (χ1n) is 14.0. The lowest BCUT2D eigenvalue weighted by Gasteiger charge is -2.30. The highest BCUT2D eigenvalue weighted by Gasteiger charge is 2.24. The van der Waals surface area contributed by atoms with E-state index in [0.717, 1.165) is 72.2 Å². The minimum atomic E-state index is -0.577. The number of nitrogens with two attached hydrogens (primary N) is 1. The van der Waals surface area contributed by atoms with Crippen molar-refractivity contribution in [2.24, 2.45) is 5.73 Å². The van der Waals surface area contributed by atoms with E-state index >= 15 is 0 Å². The first-order valence-corrected chi connectivity index (χ1v) is 14.0. The zero-order valence-electron chi connectivity index (χ0n) is 22.9. The number of primary amides is 1. The van der Waals surface area contributed by atoms with Crippen molar-refractivity contribution in [3.8, 4) is 33.9 Å². The summed E-state index contributed by atoms with van der Waals surface area (Å²) >= 11 is 0. The van der Waals surface area contributed by atoms with Gasteiger partial charge in [-0.1, -0.05) is 60.7 Å². The van der Waals surface area contributed by atoms with Gasteiger partial charge in [-0.15, -0.1) is 0 Å². The number of aromatic amines is 1. The molecule has 0 radical (unpaired) electrons. The molecule has 1 aliphatic heterocycles. The Hall–Kier alpha value is -5.22. The largest absolute Gasteiger partial charge is 0.364 e. The Morgan fingerprint density at radius 1 is 0.929 bits per heavy atom. The Balaban J connectivity index is 1.06. The van der Waals surface area contributed by atoms with Crippen molar-refractivity contribution in [2.45, 2.75) is 25.3 Å². The predicted octanol–water partition coefficient (Wildman–Crippen LogP) is 4.72. The van der Waals surface area contributed by atoms with Crippen LogP contribution in [0.4, 0.5) is 0 Å². The van der Waals surface area contributed by atoms with Crippen LogP contribution < -0.4 is 5.73 Å². The summed E-state index contributed by atoms with van der Waals surface area (Å²) in [5.74, 6) is 1.36. The van der Waals surface area contributed by atoms with Crippen LogP contribution in [0, 0.1) is 0 Å². The molecule has 1 amide bonds. The standard InChI is InChI=1S/C32H29N9O/c33-30(42)27-18-28-35-29(25(20-41(28)39-27)22-6-2-1-3-7-22)23-11-9-21(10-12-23)19-40-16-13-24(14-17-40)31-36-32(38-37-31)26-8-4-5-15-34-26/h1-12,15,18,20,24H,13-14,16-17,19H2,(H2,33,42)(H,36,37,38). The summed E-state index contributed by atoms with van der Waals surface area (Å²) < 4.78 is 1.61. The molecular formula is C32H29N9O. The second kappa shape index (κ2) is 11.0. The number of benzene rings is 2. The Labute approximate surface area is 242 Å². The van der Waals surface area contributed by atoms with Crippen LogP contribution in [0.2, 0.25) is 0 Å². The molecule has 4 aromatic heterocycles. The number of piperidine rings is 1. The summed E-state index contributed by atoms with van der Waals surface area (Å²) in [6, 6.07) is 26.0. The molecule has 1 aliphatic rings. The van der Waals surface area contributed by atoms with Crippen LogP contribution in [-0.4, -0.2) is 58.7 Å². The summed E-state index contributed by atoms with van der Waals surface area (Å²) in [6.07, 6.45) is 5.70. The van der Waals surface area contributed by atoms with Gasteiger partial charge in [0.25, 0.3) is 5.91 Å². The molecule has 10 heteroatoms. The van der Waals surface area contributed by atoms with E-state index in [1.807, 2.05) is 54.7 Å². The Kier molecular flexibility index (Phi) is 6.73. The van der Waals surface area contributed by atoms with Crippen LogP contribution in [0.25, 0.3) is 39.5 Å². The van der Waals surface area contributed by atoms with E-state index in [1.54, 1.807) is 16.8 Å². The van der Waals surface area contributed by atoms with Crippen molar-refractivity contribution in [1.82, 2.24) is 39.7 Å². The quantitative estimate of drug-likeness (QED) is 0.291. The molecule has 1 saturated heterocycles. The number of carbonyl (C=O) groups is 1. The number of pyridine rings is 1. The number of fused-ring (bicyclic) bond motifs is 1. The van der Waals surface area contributed by atoms with Gasteiger partial charge in [-0.2, -0.15) is 10.2 Å². The normalized spacial score (nSPS) is 14.4. The van der Waals surface area contributed by atoms with Gasteiger partial charge in [-0.3, -0.25) is 19.8 Å². The van der Waals surface area contributed by atoms with Crippen LogP contribution >= 0.6 is 0 Å². The number of rotatable bonds is 7. The molecule has 0 saturated carbocycles. The predicted molar refractivity (Wildman–Crippen MR) is 159 cm³/mol. The first kappa shape index (κ1) is 25.7. The summed E-state index contributed by atoms with van der Waals surface area (Å²) in [5, 5.41) is 11.9. The summed E-state index contributed by atoms with van der Waals surface area (Å²) in [7, 11) is 0. The number of amides is 1. The smallest absolute Gasteiger partial charge is 0.269 e. The van der Waals surface area contributed by atoms with Crippen molar-refractivity contribution < 1.29 is 4.79 Å². The zero-order chi connectivity index (χ0) is 28.5. The van der Waals surface area contributed by atoms with Crippen molar-refractivity contribution in [2.75, 3.05) is 13.1 Å². The molecule has 0 aliphatic carbocycles. The van der Waals surface area contributed by atoms with E-state index in [4.69, 9.17) is 15.7 Å². The molecule has 6 aromatic rings. The average Bonchev–Trinajstić information content (AvgIpc) is 3.70. The van der Waals surface area contributed by atoms with Gasteiger partial charge in [-0.05, 0) is 49.2 Å². The third kappa shape index (κ3) is 5.15. The van der Waals surface area contributed by atoms with Crippen LogP contribution in [0.15, 0.2) is 91.3 Å². The van der Waals surface area contributed by atoms with E-state index < -0.39 is 5.91 Å². The number of H-pyrrole nitrogens is 1. The minimum Gasteiger partial charge on any atom is -0.364 e. The maximum atomic E-state index is 11.7. The monoisotopic (exact) mass is 555 g/mol. The van der Waals surface area contributed by atoms with E-state index in [2.05, 4.69) is 49.4 Å². The van der Waals surface area contributed by atoms with Gasteiger partial charge in [0.05, 0.1) is 5.69 Å². The van der Waals surface area contributed by atoms with Gasteiger partial charge in [0.2, 0.25) is 0 Å². The molecule has 0 atom stereocenters. The molecule has 0 bridgehead atoms. The SMILES string of the molecule is NC(=O)c1cc2nc(-c3ccc(CN4CCC(c5n[nH]c(-c6ccccn6)n5)CC4)cc3)c(-c3ccccc3)cn2n1. The van der Waals surface area contributed by atoms with E-state index in [1.165, 1.54) is 5.56 Å². The highest BCUT2D eigenvalue weighted by molar-refractivity contribution is 5.92. The van der Waals surface area contributed by atoms with Crippen molar-refractivity contribution in [1.29, 1.82) is 0 Å². The number of likely N-dealkylation sites (tertiary alicyclic amines) is 1. The molecule has 0 unspecified atom stereocenters. The highest BCUT2D eigenvalue weighted by atomic mass is 16.1. The van der Waals surface area contributed by atoms with Gasteiger partial charge >= 0.3 is 0 Å². The maximum Gasteiger partial charge on any atom is 0.269 e. The first-order chi connectivity index (χ1) is 20.6. The van der Waals surface area contributed by atoms with Crippen LogP contribution in [0.1, 0.15) is 40.6 Å². The second-order valence-corrected chi connectivity index (χ2v) is 10.6. The lowest BCUT2D eigenvalue weighted by Crippen LogP contribution is -2.32. The van der Waals surface area contributed by atoms with E-state index in [0.29, 0.717) is 11.6 Å². The van der Waals surface area contributed by atoms with E-state index in [9.17, 15) is 4.79 Å². The number of hydrogen-bond donors (Lipinski definition) is 2. The van der Waals surface area contributed by atoms with Crippen molar-refractivity contribution in [3.63, 3.8) is 0 Å². The van der Waals surface area contributed by atoms with E-state index in [-0.39, 0.29) is 5.69 Å². The number of nitrogens with zero attached hydrogens (tertiary/aromatic N) is 7. The number of carbonyl (C=O) groups excluding carboxylic acids is 1. The van der Waals surface area contributed by atoms with Gasteiger partial charge in [0, 0.05) is 42.0 Å². The van der Waals surface area contributed by atoms with Gasteiger partial charge in [0.1, 0.15) is 5.69 Å². The van der Waals surface area contributed by atoms with Crippen LogP contribution in [0.5, 0.6) is 0 Å². The number of aromatic nitrogens is 7. The molecular weight excluding hydrogens is 526 g/mol. The van der Waals surface area contributed by atoms with Gasteiger partial charge in [-0.25, -0.2) is 14.5 Å². The second-order valence-electron chi connectivity index (χ2n) is 10.6. The molecule has 7 rings (SSSR count).